The van der Waals surface area contributed by atoms with Gasteiger partial charge in [0.1, 0.15) is 0 Å². The van der Waals surface area contributed by atoms with E-state index >= 15 is 0 Å². The summed E-state index contributed by atoms with van der Waals surface area (Å²) in [7, 11) is 0. The largest absolute Gasteiger partial charge is 0.303 e. The Bertz CT molecular complexity index is 422. The molecular formula is C14H19Cl2NOS. The van der Waals surface area contributed by atoms with E-state index in [2.05, 4.69) is 18.7 Å². The highest BCUT2D eigenvalue weighted by molar-refractivity contribution is 8.00. The molecule has 0 aromatic heterocycles. The van der Waals surface area contributed by atoms with Crippen molar-refractivity contribution in [2.75, 3.05) is 31.1 Å². The predicted octanol–water partition coefficient (Wildman–Crippen LogP) is 4.25. The summed E-state index contributed by atoms with van der Waals surface area (Å²) in [5.41, 5.74) is 0.518. The number of carbonyl (C=O) groups excluding carboxylic acids is 1. The second kappa shape index (κ2) is 8.85. The van der Waals surface area contributed by atoms with Crippen LogP contribution in [0.3, 0.4) is 0 Å². The van der Waals surface area contributed by atoms with E-state index in [0.717, 1.165) is 25.4 Å². The van der Waals surface area contributed by atoms with Crippen molar-refractivity contribution in [1.29, 1.82) is 0 Å². The molecule has 0 aliphatic heterocycles. The van der Waals surface area contributed by atoms with E-state index in [1.807, 2.05) is 0 Å². The number of hydrogen-bond acceptors (Lipinski definition) is 3. The zero-order chi connectivity index (χ0) is 14.3. The average molecular weight is 320 g/mol. The highest BCUT2D eigenvalue weighted by Gasteiger charge is 2.11. The maximum atomic E-state index is 12.0. The highest BCUT2D eigenvalue weighted by atomic mass is 35.5. The van der Waals surface area contributed by atoms with Crippen LogP contribution >= 0.6 is 35.0 Å². The standard InChI is InChI=1S/C14H19Cl2NOS/c1-3-17(4-2)7-8-19-10-14(18)12-9-11(15)5-6-13(12)16/h5-6,9H,3-4,7-8,10H2,1-2H3. The smallest absolute Gasteiger partial charge is 0.174 e. The van der Waals surface area contributed by atoms with Gasteiger partial charge in [-0.15, -0.1) is 0 Å². The topological polar surface area (TPSA) is 20.3 Å². The van der Waals surface area contributed by atoms with E-state index in [1.54, 1.807) is 30.0 Å². The second-order valence-corrected chi connectivity index (χ2v) is 6.08. The molecule has 0 spiro atoms. The minimum atomic E-state index is 0.0389. The van der Waals surface area contributed by atoms with Gasteiger partial charge in [-0.1, -0.05) is 37.0 Å². The Balaban J connectivity index is 2.41. The molecule has 0 fully saturated rings. The predicted molar refractivity (Wildman–Crippen MR) is 85.9 cm³/mol. The lowest BCUT2D eigenvalue weighted by molar-refractivity contribution is 0.102. The highest BCUT2D eigenvalue weighted by Crippen LogP contribution is 2.22. The minimum Gasteiger partial charge on any atom is -0.303 e. The Hall–Kier alpha value is -0.220. The van der Waals surface area contributed by atoms with Crippen molar-refractivity contribution in [2.45, 2.75) is 13.8 Å². The van der Waals surface area contributed by atoms with Gasteiger partial charge in [-0.2, -0.15) is 11.8 Å². The molecule has 0 heterocycles. The number of thioether (sulfide) groups is 1. The van der Waals surface area contributed by atoms with Crippen molar-refractivity contribution in [1.82, 2.24) is 4.90 Å². The third-order valence-electron chi connectivity index (χ3n) is 2.91. The van der Waals surface area contributed by atoms with Crippen molar-refractivity contribution in [3.05, 3.63) is 33.8 Å². The molecule has 2 nitrogen and oxygen atoms in total. The molecule has 1 rings (SSSR count). The number of Topliss-reactive ketones (excluding diaryl/α,β-unsaturated/α-hetero) is 1. The number of benzene rings is 1. The molecule has 0 atom stereocenters. The summed E-state index contributed by atoms with van der Waals surface area (Å²) in [5, 5.41) is 1.01. The van der Waals surface area contributed by atoms with E-state index in [-0.39, 0.29) is 5.78 Å². The number of carbonyl (C=O) groups is 1. The van der Waals surface area contributed by atoms with Crippen molar-refractivity contribution in [3.63, 3.8) is 0 Å². The first-order valence-electron chi connectivity index (χ1n) is 6.36. The van der Waals surface area contributed by atoms with Gasteiger partial charge in [0.2, 0.25) is 0 Å². The first-order chi connectivity index (χ1) is 9.08. The zero-order valence-electron chi connectivity index (χ0n) is 11.3. The molecule has 5 heteroatoms. The summed E-state index contributed by atoms with van der Waals surface area (Å²) >= 11 is 13.5. The minimum absolute atomic E-state index is 0.0389. The molecular weight excluding hydrogens is 301 g/mol. The molecule has 106 valence electrons. The summed E-state index contributed by atoms with van der Waals surface area (Å²) in [4.78, 5) is 14.4. The zero-order valence-corrected chi connectivity index (χ0v) is 13.6. The van der Waals surface area contributed by atoms with Crippen LogP contribution in [0.2, 0.25) is 10.0 Å². The summed E-state index contributed by atoms with van der Waals surface area (Å²) < 4.78 is 0. The van der Waals surface area contributed by atoms with Crippen molar-refractivity contribution >= 4 is 40.7 Å². The summed E-state index contributed by atoms with van der Waals surface area (Å²) in [6.07, 6.45) is 0. The fourth-order valence-electron chi connectivity index (χ4n) is 1.69. The number of hydrogen-bond donors (Lipinski definition) is 0. The Morgan fingerprint density at radius 3 is 2.58 bits per heavy atom. The molecule has 0 aliphatic rings. The van der Waals surface area contributed by atoms with E-state index in [9.17, 15) is 4.79 Å². The fourth-order valence-corrected chi connectivity index (χ4v) is 2.95. The number of rotatable bonds is 8. The summed E-state index contributed by atoms with van der Waals surface area (Å²) in [6, 6.07) is 4.99. The molecule has 0 amide bonds. The first kappa shape index (κ1) is 16.8. The van der Waals surface area contributed by atoms with Crippen LogP contribution in [0, 0.1) is 0 Å². The van der Waals surface area contributed by atoms with Gasteiger partial charge in [-0.25, -0.2) is 0 Å². The molecule has 0 unspecified atom stereocenters. The Kier molecular flexibility index (Phi) is 7.84. The van der Waals surface area contributed by atoms with Crippen molar-refractivity contribution < 1.29 is 4.79 Å². The monoisotopic (exact) mass is 319 g/mol. The van der Waals surface area contributed by atoms with Gasteiger partial charge in [-0.3, -0.25) is 4.79 Å². The Morgan fingerprint density at radius 1 is 1.26 bits per heavy atom. The molecule has 19 heavy (non-hydrogen) atoms. The van der Waals surface area contributed by atoms with E-state index in [4.69, 9.17) is 23.2 Å². The molecule has 0 radical (unpaired) electrons. The van der Waals surface area contributed by atoms with E-state index < -0.39 is 0 Å². The number of nitrogens with zero attached hydrogens (tertiary/aromatic N) is 1. The molecule has 0 saturated heterocycles. The van der Waals surface area contributed by atoms with Crippen LogP contribution in [0.25, 0.3) is 0 Å². The molecule has 1 aromatic carbocycles. The maximum Gasteiger partial charge on any atom is 0.174 e. The molecule has 0 bridgehead atoms. The van der Waals surface area contributed by atoms with Crippen LogP contribution < -0.4 is 0 Å². The van der Waals surface area contributed by atoms with Crippen LogP contribution in [0.15, 0.2) is 18.2 Å². The van der Waals surface area contributed by atoms with E-state index in [0.29, 0.717) is 21.4 Å². The lowest BCUT2D eigenvalue weighted by Gasteiger charge is -2.17. The van der Waals surface area contributed by atoms with Gasteiger partial charge in [0, 0.05) is 22.9 Å². The van der Waals surface area contributed by atoms with Gasteiger partial charge in [-0.05, 0) is 31.3 Å². The Morgan fingerprint density at radius 2 is 1.95 bits per heavy atom. The lowest BCUT2D eigenvalue weighted by Crippen LogP contribution is -2.25. The normalized spacial score (nSPS) is 11.0. The van der Waals surface area contributed by atoms with Crippen LogP contribution in [0.5, 0.6) is 0 Å². The lowest BCUT2D eigenvalue weighted by atomic mass is 10.1. The average Bonchev–Trinajstić information content (AvgIpc) is 2.41. The van der Waals surface area contributed by atoms with E-state index in [1.165, 1.54) is 0 Å². The van der Waals surface area contributed by atoms with Gasteiger partial charge in [0.15, 0.2) is 5.78 Å². The Labute approximate surface area is 129 Å². The van der Waals surface area contributed by atoms with Gasteiger partial charge in [0.05, 0.1) is 10.8 Å². The molecule has 0 N–H and O–H groups in total. The quantitative estimate of drug-likeness (QED) is 0.527. The van der Waals surface area contributed by atoms with Crippen molar-refractivity contribution in [2.24, 2.45) is 0 Å². The van der Waals surface area contributed by atoms with Crippen LogP contribution in [0.1, 0.15) is 24.2 Å². The van der Waals surface area contributed by atoms with Gasteiger partial charge in [0.25, 0.3) is 0 Å². The fraction of sp³-hybridized carbons (Fsp3) is 0.500. The number of ketones is 1. The first-order valence-corrected chi connectivity index (χ1v) is 8.27. The van der Waals surface area contributed by atoms with Crippen LogP contribution in [-0.4, -0.2) is 41.8 Å². The van der Waals surface area contributed by atoms with Crippen LogP contribution in [0.4, 0.5) is 0 Å². The molecule has 0 saturated carbocycles. The number of halogens is 2. The van der Waals surface area contributed by atoms with Crippen LogP contribution in [-0.2, 0) is 0 Å². The van der Waals surface area contributed by atoms with Gasteiger partial charge < -0.3 is 4.90 Å². The third-order valence-corrected chi connectivity index (χ3v) is 4.41. The van der Waals surface area contributed by atoms with Crippen molar-refractivity contribution in [3.8, 4) is 0 Å². The summed E-state index contributed by atoms with van der Waals surface area (Å²) in [5.74, 6) is 1.43. The van der Waals surface area contributed by atoms with Gasteiger partial charge >= 0.3 is 0 Å². The second-order valence-electron chi connectivity index (χ2n) is 4.13. The summed E-state index contributed by atoms with van der Waals surface area (Å²) in [6.45, 7) is 7.39. The molecule has 1 aromatic rings. The third kappa shape index (κ3) is 5.74. The maximum absolute atomic E-state index is 12.0. The molecule has 0 aliphatic carbocycles. The SMILES string of the molecule is CCN(CC)CCSCC(=O)c1cc(Cl)ccc1Cl.